The summed E-state index contributed by atoms with van der Waals surface area (Å²) >= 11 is 20.3. The van der Waals surface area contributed by atoms with Crippen LogP contribution in [0.3, 0.4) is 0 Å². The molecule has 9 aromatic carbocycles. The highest BCUT2D eigenvalue weighted by molar-refractivity contribution is 6.32. The lowest BCUT2D eigenvalue weighted by atomic mass is 9.86. The molecule has 6 aliphatic heterocycles. The molecule has 15 rings (SSSR count). The van der Waals surface area contributed by atoms with E-state index in [0.29, 0.717) is 93.8 Å². The predicted octanol–water partition coefficient (Wildman–Crippen LogP) is 10.8. The molecule has 19 atom stereocenters. The molecule has 4 unspecified atom stereocenters. The Morgan fingerprint density at radius 3 is 1.32 bits per heavy atom. The Kier molecular flexibility index (Phi) is 24.1. The normalized spacial score (nSPS) is 29.3. The first-order valence-electron chi connectivity index (χ1n) is 38.4. The summed E-state index contributed by atoms with van der Waals surface area (Å²) in [5.41, 5.74) is 13.0. The lowest BCUT2D eigenvalue weighted by Gasteiger charge is -2.42. The van der Waals surface area contributed by atoms with Crippen molar-refractivity contribution in [2.45, 2.75) is 195 Å². The summed E-state index contributed by atoms with van der Waals surface area (Å²) in [4.78, 5) is 0. The third-order valence-corrected chi connectivity index (χ3v) is 24.5. The molecule has 6 aliphatic rings. The number of aryl methyl sites for hydroxylation is 2. The molecule has 0 radical (unpaired) electrons. The van der Waals surface area contributed by atoms with Crippen LogP contribution in [-0.2, 0) is 90.7 Å². The van der Waals surface area contributed by atoms with Gasteiger partial charge in [0, 0.05) is 21.5 Å². The van der Waals surface area contributed by atoms with Gasteiger partial charge in [-0.3, -0.25) is 0 Å². The van der Waals surface area contributed by atoms with E-state index < -0.39 is 121 Å². The third kappa shape index (κ3) is 17.0. The van der Waals surface area contributed by atoms with E-state index in [1.807, 2.05) is 143 Å². The van der Waals surface area contributed by atoms with Gasteiger partial charge < -0.3 is 104 Å². The van der Waals surface area contributed by atoms with Crippen molar-refractivity contribution in [2.24, 2.45) is 0 Å². The van der Waals surface area contributed by atoms with E-state index >= 15 is 0 Å². The van der Waals surface area contributed by atoms with Crippen LogP contribution in [0.2, 0.25) is 15.1 Å². The molecule has 11 N–H and O–H groups in total. The molecule has 0 amide bonds. The topological polar surface area (TPSA) is 315 Å². The smallest absolute Gasteiger partial charge is 0.125 e. The number of hydrogen-bond donors (Lipinski definition) is 11. The molecule has 0 saturated carbocycles. The summed E-state index contributed by atoms with van der Waals surface area (Å²) in [6, 6.07) is 54.3. The highest BCUT2D eigenvalue weighted by Gasteiger charge is 2.50. The molecule has 0 aliphatic carbocycles. The lowest BCUT2D eigenvalue weighted by Crippen LogP contribution is -2.58. The lowest BCUT2D eigenvalue weighted by molar-refractivity contribution is -0.245. The van der Waals surface area contributed by atoms with Crippen molar-refractivity contribution in [3.05, 3.63) is 291 Å². The van der Waals surface area contributed by atoms with Gasteiger partial charge in [0.2, 0.25) is 0 Å². The number of benzene rings is 9. The summed E-state index contributed by atoms with van der Waals surface area (Å²) in [7, 11) is 0. The van der Waals surface area contributed by atoms with Crippen molar-refractivity contribution >= 4 is 34.8 Å². The van der Waals surface area contributed by atoms with Gasteiger partial charge in [0.05, 0.1) is 32.5 Å². The number of ether oxygens (including phenoxy) is 10. The van der Waals surface area contributed by atoms with E-state index in [9.17, 15) is 56.2 Å². The summed E-state index contributed by atoms with van der Waals surface area (Å²) in [6.45, 7) is 11.1. The highest BCUT2D eigenvalue weighted by atomic mass is 35.5. The molecule has 24 heteroatoms. The zero-order chi connectivity index (χ0) is 80.2. The Morgan fingerprint density at radius 1 is 0.395 bits per heavy atom. The number of aliphatic hydroxyl groups is 11. The van der Waals surface area contributed by atoms with Crippen LogP contribution in [0.5, 0.6) is 23.0 Å². The molecule has 114 heavy (non-hydrogen) atoms. The first-order valence-corrected chi connectivity index (χ1v) is 39.5. The Morgan fingerprint density at radius 2 is 0.825 bits per heavy atom. The van der Waals surface area contributed by atoms with Crippen molar-refractivity contribution in [2.75, 3.05) is 33.0 Å². The Hall–Kier alpha value is -7.63. The Balaban J connectivity index is 0.527. The first kappa shape index (κ1) is 81.5. The van der Waals surface area contributed by atoms with E-state index in [1.54, 1.807) is 42.5 Å². The summed E-state index contributed by atoms with van der Waals surface area (Å²) in [6.07, 6.45) is -20.2. The van der Waals surface area contributed by atoms with Crippen molar-refractivity contribution < 1.29 is 104 Å². The maximum atomic E-state index is 11.8. The van der Waals surface area contributed by atoms with Crippen LogP contribution in [0.25, 0.3) is 0 Å². The van der Waals surface area contributed by atoms with Gasteiger partial charge in [-0.15, -0.1) is 0 Å². The number of fused-ring (bicyclic) bond motifs is 3. The molecule has 21 nitrogen and oxygen atoms in total. The summed E-state index contributed by atoms with van der Waals surface area (Å²) < 4.78 is 62.9. The summed E-state index contributed by atoms with van der Waals surface area (Å²) in [5.74, 6) is 2.35. The van der Waals surface area contributed by atoms with Crippen molar-refractivity contribution in [3.8, 4) is 23.0 Å². The molecule has 602 valence electrons. The average molecular weight is 1620 g/mol. The Bertz CT molecular complexity index is 4920. The number of aliphatic hydroxyl groups excluding tert-OH is 11. The molecule has 0 aromatic heterocycles. The zero-order valence-electron chi connectivity index (χ0n) is 63.6. The van der Waals surface area contributed by atoms with Gasteiger partial charge in [0.1, 0.15) is 158 Å². The van der Waals surface area contributed by atoms with Gasteiger partial charge in [-0.2, -0.15) is 0 Å². The minimum atomic E-state index is -1.63. The second kappa shape index (κ2) is 33.8. The minimum Gasteiger partial charge on any atom is -0.491 e. The molecule has 0 bridgehead atoms. The maximum Gasteiger partial charge on any atom is 0.125 e. The SMILES string of the molecule is Cc1ccc2c(c1)C(C)(COc1ccc(Cc3cc([C@@H]4O[C@H](C(O)Cc5ccc6c(c5)COC6(C)COc5ccc(Cc6cc([C@@H]7O[C@H](COc8cc(C)c9c(c8)C(C)(COc8ccc(Cc%10cc([C@@H]%11O[C@H](CO)[C@@H](O)[C@H](O)[C@H]%11O)ccc%10Cl)cc8)OC9)[C@@H](O)[C@H](O)[C@H]7O)ccc6Cl)cc5)[C@@H](O)[C@H](O)[C@H]4O)ccc3Cl)cc1)OC2. The van der Waals surface area contributed by atoms with Gasteiger partial charge in [0.25, 0.3) is 0 Å². The zero-order valence-corrected chi connectivity index (χ0v) is 65.9. The monoisotopic (exact) mass is 1620 g/mol. The van der Waals surface area contributed by atoms with Crippen LogP contribution in [-0.4, -0.2) is 169 Å². The van der Waals surface area contributed by atoms with E-state index in [1.165, 1.54) is 0 Å². The van der Waals surface area contributed by atoms with Gasteiger partial charge >= 0.3 is 0 Å². The van der Waals surface area contributed by atoms with E-state index in [0.717, 1.165) is 83.5 Å². The fourth-order valence-corrected chi connectivity index (χ4v) is 17.0. The quantitative estimate of drug-likeness (QED) is 0.0253. The standard InChI is InChI=1S/C90H95Cl3O21/c1-47-6-14-56-40-109-89(4,67(56)28-47)45-107-62-20-9-51(10-21-62)32-59-37-55(17-27-71(59)93)86-82(103)79(100)83(104)87(114-86)72(95)34-52-13-24-66-60(33-52)41-110-88(66,3)44-106-61-18-7-49(8-19-61)31-58-36-54(16-26-70(58)92)85-81(102)78(99)76(97)74(113-85)43-105-64-29-48(2)65-42-111-90(5,68(65)38-64)46-108-63-22-11-50(12-23-63)30-57-35-53(15-25-69(57)91)84-80(101)77(98)75(96)73(39-94)112-84/h6-29,33,35-38,72-87,94-104H,30-32,34,39-46H2,1-5H3/t72?,73-,74-,75-,76-,77+,78+,79-,80-,81-,82-,83+,84+,85+,86+,87-,88?,89?,90?/m1/s1. The second-order valence-corrected chi connectivity index (χ2v) is 33.0. The fourth-order valence-electron chi connectivity index (χ4n) is 16.5. The van der Waals surface area contributed by atoms with Crippen LogP contribution in [0.15, 0.2) is 176 Å². The van der Waals surface area contributed by atoms with Crippen LogP contribution < -0.4 is 18.9 Å². The molecule has 3 fully saturated rings. The molecule has 3 saturated heterocycles. The van der Waals surface area contributed by atoms with Gasteiger partial charge in [-0.1, -0.05) is 150 Å². The van der Waals surface area contributed by atoms with Crippen molar-refractivity contribution in [1.82, 2.24) is 0 Å². The van der Waals surface area contributed by atoms with Crippen LogP contribution in [0, 0.1) is 13.8 Å². The van der Waals surface area contributed by atoms with Crippen molar-refractivity contribution in [3.63, 3.8) is 0 Å². The average Bonchev–Trinajstić information content (AvgIpc) is 1.55. The number of rotatable bonds is 25. The van der Waals surface area contributed by atoms with Gasteiger partial charge in [-0.05, 0) is 215 Å². The van der Waals surface area contributed by atoms with E-state index in [2.05, 4.69) is 25.1 Å². The number of halogens is 3. The molecule has 0 spiro atoms. The van der Waals surface area contributed by atoms with Crippen molar-refractivity contribution in [1.29, 1.82) is 0 Å². The third-order valence-electron chi connectivity index (χ3n) is 23.4. The maximum absolute atomic E-state index is 11.8. The van der Waals surface area contributed by atoms with Gasteiger partial charge in [-0.25, -0.2) is 0 Å². The molecular formula is C90H95Cl3O21. The molecule has 6 heterocycles. The fraction of sp³-hybridized carbons (Fsp3) is 0.400. The second-order valence-electron chi connectivity index (χ2n) is 31.7. The molecule has 9 aromatic rings. The largest absolute Gasteiger partial charge is 0.491 e. The van der Waals surface area contributed by atoms with E-state index in [-0.39, 0.29) is 32.8 Å². The van der Waals surface area contributed by atoms with Crippen LogP contribution in [0.1, 0.15) is 139 Å². The molecular weight excluding hydrogens is 1520 g/mol. The highest BCUT2D eigenvalue weighted by Crippen LogP contribution is 2.45. The Labute approximate surface area is 676 Å². The first-order chi connectivity index (χ1) is 54.6. The van der Waals surface area contributed by atoms with Crippen LogP contribution >= 0.6 is 34.8 Å². The predicted molar refractivity (Wildman–Crippen MR) is 423 cm³/mol. The number of hydrogen-bond acceptors (Lipinski definition) is 21. The van der Waals surface area contributed by atoms with Crippen LogP contribution in [0.4, 0.5) is 0 Å². The summed E-state index contributed by atoms with van der Waals surface area (Å²) in [5, 5.41) is 122. The van der Waals surface area contributed by atoms with Gasteiger partial charge in [0.15, 0.2) is 0 Å². The minimum absolute atomic E-state index is 0.0582. The van der Waals surface area contributed by atoms with E-state index in [4.69, 9.17) is 82.2 Å².